The van der Waals surface area contributed by atoms with Crippen molar-refractivity contribution in [2.24, 2.45) is 0 Å². The number of amides is 2. The average molecular weight is 393 g/mol. The number of para-hydroxylation sites is 1. The molecule has 2 N–H and O–H groups in total. The van der Waals surface area contributed by atoms with E-state index >= 15 is 0 Å². The van der Waals surface area contributed by atoms with E-state index in [2.05, 4.69) is 17.2 Å². The minimum Gasteiger partial charge on any atom is -0.355 e. The molecule has 0 unspecified atom stereocenters. The fourth-order valence-corrected chi connectivity index (χ4v) is 5.29. The van der Waals surface area contributed by atoms with E-state index in [9.17, 15) is 14.4 Å². The van der Waals surface area contributed by atoms with Crippen molar-refractivity contribution in [1.82, 2.24) is 9.88 Å². The number of Topliss-reactive ketones (excluding diaryl/α,β-unsaturated/α-hetero) is 1. The molecule has 4 rings (SSSR count). The SMILES string of the molecule is CCC[C@@H]1N(C(=O)c2c(C)[nH]c(C(C)=O)c2C)CC[C@]12C(=O)Nc1ccccc12. The lowest BCUT2D eigenvalue weighted by Gasteiger charge is -2.34. The summed E-state index contributed by atoms with van der Waals surface area (Å²) in [6.45, 7) is 7.73. The summed E-state index contributed by atoms with van der Waals surface area (Å²) in [5.41, 5.74) is 3.56. The van der Waals surface area contributed by atoms with Crippen molar-refractivity contribution in [1.29, 1.82) is 0 Å². The summed E-state index contributed by atoms with van der Waals surface area (Å²) in [6.07, 6.45) is 2.22. The Morgan fingerprint density at radius 3 is 2.62 bits per heavy atom. The Labute approximate surface area is 170 Å². The summed E-state index contributed by atoms with van der Waals surface area (Å²) in [5.74, 6) is -0.201. The van der Waals surface area contributed by atoms with Crippen LogP contribution in [0.5, 0.6) is 0 Å². The second kappa shape index (κ2) is 6.87. The number of carbonyl (C=O) groups is 3. The molecule has 2 aromatic rings. The Morgan fingerprint density at radius 2 is 1.97 bits per heavy atom. The monoisotopic (exact) mass is 393 g/mol. The van der Waals surface area contributed by atoms with Crippen LogP contribution in [0, 0.1) is 13.8 Å². The van der Waals surface area contributed by atoms with Gasteiger partial charge in [0, 0.05) is 24.8 Å². The minimum absolute atomic E-state index is 0.0145. The molecule has 6 nitrogen and oxygen atoms in total. The van der Waals surface area contributed by atoms with Crippen LogP contribution in [0.1, 0.15) is 70.8 Å². The number of likely N-dealkylation sites (tertiary alicyclic amines) is 1. The van der Waals surface area contributed by atoms with Gasteiger partial charge in [-0.3, -0.25) is 14.4 Å². The van der Waals surface area contributed by atoms with Gasteiger partial charge in [0.25, 0.3) is 5.91 Å². The van der Waals surface area contributed by atoms with Crippen molar-refractivity contribution in [3.05, 3.63) is 52.3 Å². The van der Waals surface area contributed by atoms with Crippen molar-refractivity contribution in [3.8, 4) is 0 Å². The maximum Gasteiger partial charge on any atom is 0.256 e. The third-order valence-electron chi connectivity index (χ3n) is 6.58. The van der Waals surface area contributed by atoms with Gasteiger partial charge in [-0.2, -0.15) is 0 Å². The molecule has 2 aliphatic heterocycles. The normalized spacial score (nSPS) is 22.8. The number of anilines is 1. The molecular weight excluding hydrogens is 366 g/mol. The number of hydrogen-bond donors (Lipinski definition) is 2. The summed E-state index contributed by atoms with van der Waals surface area (Å²) >= 11 is 0. The van der Waals surface area contributed by atoms with Gasteiger partial charge in [0.15, 0.2) is 5.78 Å². The van der Waals surface area contributed by atoms with E-state index < -0.39 is 5.41 Å². The number of aryl methyl sites for hydroxylation is 1. The number of aromatic amines is 1. The second-order valence-electron chi connectivity index (χ2n) is 8.21. The predicted octanol–water partition coefficient (Wildman–Crippen LogP) is 3.74. The number of benzene rings is 1. The van der Waals surface area contributed by atoms with Gasteiger partial charge in [0.1, 0.15) is 0 Å². The number of aromatic nitrogens is 1. The van der Waals surface area contributed by atoms with Crippen LogP contribution in [-0.2, 0) is 10.2 Å². The molecule has 152 valence electrons. The largest absolute Gasteiger partial charge is 0.355 e. The predicted molar refractivity (Wildman–Crippen MR) is 111 cm³/mol. The van der Waals surface area contributed by atoms with Crippen LogP contribution in [0.4, 0.5) is 5.69 Å². The smallest absolute Gasteiger partial charge is 0.256 e. The lowest BCUT2D eigenvalue weighted by atomic mass is 9.73. The number of ketones is 1. The molecule has 1 spiro atoms. The number of H-pyrrole nitrogens is 1. The van der Waals surface area contributed by atoms with E-state index in [0.717, 1.165) is 24.1 Å². The zero-order valence-electron chi connectivity index (χ0n) is 17.4. The summed E-state index contributed by atoms with van der Waals surface area (Å²) in [4.78, 5) is 43.7. The molecule has 2 atom stereocenters. The number of nitrogens with zero attached hydrogens (tertiary/aromatic N) is 1. The van der Waals surface area contributed by atoms with Gasteiger partial charge in [-0.15, -0.1) is 0 Å². The molecule has 1 saturated heterocycles. The van der Waals surface area contributed by atoms with Gasteiger partial charge in [0.05, 0.1) is 22.7 Å². The summed E-state index contributed by atoms with van der Waals surface area (Å²) in [5, 5.41) is 3.03. The lowest BCUT2D eigenvalue weighted by Crippen LogP contribution is -2.48. The lowest BCUT2D eigenvalue weighted by molar-refractivity contribution is -0.121. The molecule has 2 aliphatic rings. The third-order valence-corrected chi connectivity index (χ3v) is 6.58. The molecule has 0 aliphatic carbocycles. The van der Waals surface area contributed by atoms with Crippen molar-refractivity contribution in [2.75, 3.05) is 11.9 Å². The maximum absolute atomic E-state index is 13.6. The van der Waals surface area contributed by atoms with Gasteiger partial charge in [-0.25, -0.2) is 0 Å². The van der Waals surface area contributed by atoms with Crippen molar-refractivity contribution >= 4 is 23.3 Å². The van der Waals surface area contributed by atoms with Crippen molar-refractivity contribution in [3.63, 3.8) is 0 Å². The number of hydrogen-bond acceptors (Lipinski definition) is 3. The Balaban J connectivity index is 1.78. The Bertz CT molecular complexity index is 1020. The van der Waals surface area contributed by atoms with E-state index in [-0.39, 0.29) is 23.6 Å². The highest BCUT2D eigenvalue weighted by Gasteiger charge is 2.58. The highest BCUT2D eigenvalue weighted by molar-refractivity contribution is 6.09. The summed E-state index contributed by atoms with van der Waals surface area (Å²) < 4.78 is 0. The Hall–Kier alpha value is -2.89. The maximum atomic E-state index is 13.6. The van der Waals surface area contributed by atoms with Gasteiger partial charge in [-0.05, 0) is 43.9 Å². The van der Waals surface area contributed by atoms with Gasteiger partial charge in [0.2, 0.25) is 5.91 Å². The molecule has 29 heavy (non-hydrogen) atoms. The standard InChI is InChI=1S/C23H27N3O3/c1-5-8-18-23(16-9-6-7-10-17(16)25-22(23)29)11-12-26(18)21(28)19-13(2)20(15(4)27)24-14(19)3/h6-7,9-10,18,24H,5,8,11-12H2,1-4H3,(H,25,29)/t18-,23+/m0/s1. The number of carbonyl (C=O) groups excluding carboxylic acids is 3. The minimum atomic E-state index is -0.705. The van der Waals surface area contributed by atoms with Crippen molar-refractivity contribution < 1.29 is 14.4 Å². The van der Waals surface area contributed by atoms with Crippen LogP contribution in [0.25, 0.3) is 0 Å². The second-order valence-corrected chi connectivity index (χ2v) is 8.21. The zero-order chi connectivity index (χ0) is 20.9. The first-order chi connectivity index (χ1) is 13.8. The van der Waals surface area contributed by atoms with E-state index in [1.807, 2.05) is 43.0 Å². The van der Waals surface area contributed by atoms with Crippen LogP contribution < -0.4 is 5.32 Å². The Morgan fingerprint density at radius 1 is 1.24 bits per heavy atom. The number of fused-ring (bicyclic) bond motifs is 2. The fourth-order valence-electron chi connectivity index (χ4n) is 5.29. The van der Waals surface area contributed by atoms with E-state index in [4.69, 9.17) is 0 Å². The molecule has 1 aromatic carbocycles. The fraction of sp³-hybridized carbons (Fsp3) is 0.435. The molecule has 1 aromatic heterocycles. The first kappa shape index (κ1) is 19.4. The van der Waals surface area contributed by atoms with Crippen LogP contribution in [0.15, 0.2) is 24.3 Å². The molecule has 0 saturated carbocycles. The molecular formula is C23H27N3O3. The molecule has 6 heteroatoms. The van der Waals surface area contributed by atoms with Crippen LogP contribution >= 0.6 is 0 Å². The quantitative estimate of drug-likeness (QED) is 0.777. The number of rotatable bonds is 4. The molecule has 3 heterocycles. The van der Waals surface area contributed by atoms with E-state index in [1.54, 1.807) is 0 Å². The zero-order valence-corrected chi connectivity index (χ0v) is 17.4. The number of nitrogens with one attached hydrogen (secondary N) is 2. The van der Waals surface area contributed by atoms with Gasteiger partial charge in [-0.1, -0.05) is 31.5 Å². The van der Waals surface area contributed by atoms with E-state index in [0.29, 0.717) is 35.5 Å². The first-order valence-electron chi connectivity index (χ1n) is 10.2. The van der Waals surface area contributed by atoms with Crippen LogP contribution in [0.2, 0.25) is 0 Å². The topological polar surface area (TPSA) is 82.3 Å². The third kappa shape index (κ3) is 2.65. The summed E-state index contributed by atoms with van der Waals surface area (Å²) in [6, 6.07) is 7.59. The van der Waals surface area contributed by atoms with Crippen LogP contribution in [0.3, 0.4) is 0 Å². The van der Waals surface area contributed by atoms with Gasteiger partial charge >= 0.3 is 0 Å². The first-order valence-corrected chi connectivity index (χ1v) is 10.2. The van der Waals surface area contributed by atoms with E-state index in [1.165, 1.54) is 6.92 Å². The molecule has 0 radical (unpaired) electrons. The van der Waals surface area contributed by atoms with Crippen molar-refractivity contribution in [2.45, 2.75) is 58.4 Å². The Kier molecular flexibility index (Phi) is 4.60. The molecule has 2 amide bonds. The molecule has 0 bridgehead atoms. The van der Waals surface area contributed by atoms with Gasteiger partial charge < -0.3 is 15.2 Å². The molecule has 1 fully saturated rings. The highest BCUT2D eigenvalue weighted by Crippen LogP contribution is 2.49. The van der Waals surface area contributed by atoms with Crippen LogP contribution in [-0.4, -0.2) is 40.1 Å². The summed E-state index contributed by atoms with van der Waals surface area (Å²) in [7, 11) is 0. The highest BCUT2D eigenvalue weighted by atomic mass is 16.2. The average Bonchev–Trinajstić information content (AvgIpc) is 3.29.